The largest absolute Gasteiger partial charge is 0.498 e. The fraction of sp³-hybridized carbons (Fsp3) is 0.357. The molecule has 0 aliphatic heterocycles. The summed E-state index contributed by atoms with van der Waals surface area (Å²) in [4.78, 5) is 4.36. The maximum absolute atomic E-state index is 9.61. The molecule has 2 aromatic rings. The zero-order chi connectivity index (χ0) is 13.3. The van der Waals surface area contributed by atoms with E-state index in [1.165, 1.54) is 11.3 Å². The van der Waals surface area contributed by atoms with Crippen LogP contribution in [-0.2, 0) is 0 Å². The lowest BCUT2D eigenvalue weighted by molar-refractivity contribution is 0.407. The van der Waals surface area contributed by atoms with E-state index in [2.05, 4.69) is 24.9 Å². The summed E-state index contributed by atoms with van der Waals surface area (Å²) >= 11 is 1.30. The van der Waals surface area contributed by atoms with Gasteiger partial charge in [0.25, 0.3) is 0 Å². The van der Waals surface area contributed by atoms with E-state index < -0.39 is 0 Å². The molecule has 1 aromatic carbocycles. The number of nitrogens with zero attached hydrogens (tertiary/aromatic N) is 1. The van der Waals surface area contributed by atoms with Gasteiger partial charge in [-0.05, 0) is 36.6 Å². The van der Waals surface area contributed by atoms with Crippen molar-refractivity contribution in [2.75, 3.05) is 7.11 Å². The first-order valence-electron chi connectivity index (χ1n) is 5.87. The molecule has 0 fully saturated rings. The first-order valence-corrected chi connectivity index (χ1v) is 6.69. The lowest BCUT2D eigenvalue weighted by Crippen LogP contribution is -1.94. The Balaban J connectivity index is 2.49. The standard InChI is InChI=1S/C14H17NO2S/c1-8(2)11-7-10(5-6-12(11)17-4)13-15-9(3)14(16)18-13/h5-8,16H,1-4H3. The topological polar surface area (TPSA) is 42.4 Å². The van der Waals surface area contributed by atoms with Crippen molar-refractivity contribution in [3.05, 3.63) is 29.5 Å². The molecular formula is C14H17NO2S. The van der Waals surface area contributed by atoms with E-state index >= 15 is 0 Å². The van der Waals surface area contributed by atoms with Crippen molar-refractivity contribution >= 4 is 11.3 Å². The molecule has 0 radical (unpaired) electrons. The Morgan fingerprint density at radius 1 is 1.33 bits per heavy atom. The van der Waals surface area contributed by atoms with Gasteiger partial charge in [-0.2, -0.15) is 0 Å². The van der Waals surface area contributed by atoms with E-state index in [0.29, 0.717) is 11.6 Å². The lowest BCUT2D eigenvalue weighted by atomic mass is 10.00. The number of ether oxygens (including phenoxy) is 1. The lowest BCUT2D eigenvalue weighted by Gasteiger charge is -2.12. The van der Waals surface area contributed by atoms with Gasteiger partial charge >= 0.3 is 0 Å². The van der Waals surface area contributed by atoms with Crippen molar-refractivity contribution in [3.8, 4) is 21.4 Å². The smallest absolute Gasteiger partial charge is 0.195 e. The molecule has 0 unspecified atom stereocenters. The van der Waals surface area contributed by atoms with Crippen LogP contribution in [0.3, 0.4) is 0 Å². The minimum atomic E-state index is 0.284. The third kappa shape index (κ3) is 2.34. The molecule has 0 saturated heterocycles. The summed E-state index contributed by atoms with van der Waals surface area (Å²) < 4.78 is 5.36. The molecule has 1 heterocycles. The first-order chi connectivity index (χ1) is 8.52. The molecule has 3 nitrogen and oxygen atoms in total. The number of methoxy groups -OCH3 is 1. The molecule has 18 heavy (non-hydrogen) atoms. The van der Waals surface area contributed by atoms with Crippen LogP contribution in [0.2, 0.25) is 0 Å². The number of thiazole rings is 1. The Bertz CT molecular complexity index is 541. The second-order valence-electron chi connectivity index (χ2n) is 4.52. The number of rotatable bonds is 3. The fourth-order valence-corrected chi connectivity index (χ4v) is 2.63. The van der Waals surface area contributed by atoms with E-state index in [9.17, 15) is 5.11 Å². The minimum Gasteiger partial charge on any atom is -0.498 e. The Morgan fingerprint density at radius 2 is 2.06 bits per heavy atom. The third-order valence-electron chi connectivity index (χ3n) is 2.87. The summed E-state index contributed by atoms with van der Waals surface area (Å²) in [6.07, 6.45) is 0. The van der Waals surface area contributed by atoms with Gasteiger partial charge in [0.15, 0.2) is 5.06 Å². The number of hydrogen-bond acceptors (Lipinski definition) is 4. The van der Waals surface area contributed by atoms with Gasteiger partial charge in [-0.3, -0.25) is 0 Å². The van der Waals surface area contributed by atoms with Crippen LogP contribution in [0.4, 0.5) is 0 Å². The van der Waals surface area contributed by atoms with Gasteiger partial charge in [-0.1, -0.05) is 25.2 Å². The molecule has 2 rings (SSSR count). The number of hydrogen-bond donors (Lipinski definition) is 1. The van der Waals surface area contributed by atoms with Crippen LogP contribution in [-0.4, -0.2) is 17.2 Å². The van der Waals surface area contributed by atoms with Crippen molar-refractivity contribution in [2.45, 2.75) is 26.7 Å². The van der Waals surface area contributed by atoms with Crippen LogP contribution in [0.5, 0.6) is 10.8 Å². The Labute approximate surface area is 111 Å². The summed E-state index contributed by atoms with van der Waals surface area (Å²) in [6, 6.07) is 6.02. The number of aryl methyl sites for hydroxylation is 1. The molecular weight excluding hydrogens is 246 g/mol. The van der Waals surface area contributed by atoms with Gasteiger partial charge < -0.3 is 9.84 Å². The quantitative estimate of drug-likeness (QED) is 0.911. The average molecular weight is 263 g/mol. The average Bonchev–Trinajstić information content (AvgIpc) is 2.68. The molecule has 0 atom stereocenters. The highest BCUT2D eigenvalue weighted by molar-refractivity contribution is 7.16. The van der Waals surface area contributed by atoms with Crippen LogP contribution in [0.15, 0.2) is 18.2 Å². The van der Waals surface area contributed by atoms with Crippen molar-refractivity contribution in [1.82, 2.24) is 4.98 Å². The Kier molecular flexibility index (Phi) is 3.57. The molecule has 1 aromatic heterocycles. The maximum atomic E-state index is 9.61. The van der Waals surface area contributed by atoms with Crippen LogP contribution in [0.25, 0.3) is 10.6 Å². The van der Waals surface area contributed by atoms with Gasteiger partial charge in [-0.25, -0.2) is 4.98 Å². The zero-order valence-electron chi connectivity index (χ0n) is 11.0. The molecule has 0 saturated carbocycles. The van der Waals surface area contributed by atoms with E-state index in [-0.39, 0.29) is 5.06 Å². The van der Waals surface area contributed by atoms with E-state index in [0.717, 1.165) is 21.9 Å². The van der Waals surface area contributed by atoms with Crippen LogP contribution < -0.4 is 4.74 Å². The van der Waals surface area contributed by atoms with Crippen LogP contribution >= 0.6 is 11.3 Å². The number of benzene rings is 1. The van der Waals surface area contributed by atoms with Crippen molar-refractivity contribution in [1.29, 1.82) is 0 Å². The summed E-state index contributed by atoms with van der Waals surface area (Å²) in [5, 5.41) is 10.7. The molecule has 0 bridgehead atoms. The molecule has 1 N–H and O–H groups in total. The molecule has 0 spiro atoms. The Hall–Kier alpha value is -1.55. The molecule has 0 aliphatic rings. The summed E-state index contributed by atoms with van der Waals surface area (Å²) in [7, 11) is 1.68. The molecule has 4 heteroatoms. The van der Waals surface area contributed by atoms with Gasteiger partial charge in [0, 0.05) is 5.56 Å². The highest BCUT2D eigenvalue weighted by Crippen LogP contribution is 2.36. The van der Waals surface area contributed by atoms with Gasteiger partial charge in [-0.15, -0.1) is 0 Å². The van der Waals surface area contributed by atoms with E-state index in [1.807, 2.05) is 19.1 Å². The highest BCUT2D eigenvalue weighted by atomic mass is 32.1. The Morgan fingerprint density at radius 3 is 2.56 bits per heavy atom. The van der Waals surface area contributed by atoms with Crippen LogP contribution in [0, 0.1) is 6.92 Å². The van der Waals surface area contributed by atoms with E-state index in [4.69, 9.17) is 4.74 Å². The third-order valence-corrected chi connectivity index (χ3v) is 3.88. The fourth-order valence-electron chi connectivity index (χ4n) is 1.83. The normalized spacial score (nSPS) is 10.9. The van der Waals surface area contributed by atoms with Crippen molar-refractivity contribution in [2.24, 2.45) is 0 Å². The SMILES string of the molecule is COc1ccc(-c2nc(C)c(O)s2)cc1C(C)C. The maximum Gasteiger partial charge on any atom is 0.195 e. The predicted molar refractivity (Wildman–Crippen MR) is 74.6 cm³/mol. The minimum absolute atomic E-state index is 0.284. The molecule has 96 valence electrons. The van der Waals surface area contributed by atoms with Gasteiger partial charge in [0.1, 0.15) is 10.8 Å². The van der Waals surface area contributed by atoms with Gasteiger partial charge in [0.2, 0.25) is 0 Å². The van der Waals surface area contributed by atoms with Gasteiger partial charge in [0.05, 0.1) is 12.8 Å². The van der Waals surface area contributed by atoms with Crippen molar-refractivity contribution < 1.29 is 9.84 Å². The second-order valence-corrected chi connectivity index (χ2v) is 5.50. The van der Waals surface area contributed by atoms with E-state index in [1.54, 1.807) is 7.11 Å². The number of aromatic hydroxyl groups is 1. The van der Waals surface area contributed by atoms with Crippen molar-refractivity contribution in [3.63, 3.8) is 0 Å². The monoisotopic (exact) mass is 263 g/mol. The summed E-state index contributed by atoms with van der Waals surface area (Å²) in [5.74, 6) is 1.28. The first kappa shape index (κ1) is 12.9. The summed E-state index contributed by atoms with van der Waals surface area (Å²) in [5.41, 5.74) is 2.85. The predicted octanol–water partition coefficient (Wildman–Crippen LogP) is 3.96. The highest BCUT2D eigenvalue weighted by Gasteiger charge is 2.12. The van der Waals surface area contributed by atoms with Crippen LogP contribution in [0.1, 0.15) is 31.0 Å². The summed E-state index contributed by atoms with van der Waals surface area (Å²) in [6.45, 7) is 6.07. The zero-order valence-corrected chi connectivity index (χ0v) is 11.8. The molecule has 0 amide bonds. The molecule has 0 aliphatic carbocycles. The second kappa shape index (κ2) is 4.98. The number of aromatic nitrogens is 1.